The molecule has 3 aromatic rings. The first kappa shape index (κ1) is 25.7. The van der Waals surface area contributed by atoms with Gasteiger partial charge in [0.05, 0.1) is 6.61 Å². The van der Waals surface area contributed by atoms with E-state index in [4.69, 9.17) is 9.47 Å². The molecule has 0 fully saturated rings. The zero-order valence-electron chi connectivity index (χ0n) is 22.1. The predicted molar refractivity (Wildman–Crippen MR) is 144 cm³/mol. The largest absolute Gasteiger partial charge is 0.493 e. The molecule has 2 aliphatic rings. The summed E-state index contributed by atoms with van der Waals surface area (Å²) in [7, 11) is 0. The van der Waals surface area contributed by atoms with E-state index < -0.39 is 5.97 Å². The molecule has 2 aliphatic carbocycles. The summed E-state index contributed by atoms with van der Waals surface area (Å²) in [5.74, 6) is 0.101. The fraction of sp³-hybridized carbons (Fsp3) is 0.312. The van der Waals surface area contributed by atoms with E-state index in [1.165, 1.54) is 6.07 Å². The number of aliphatic carboxylic acids is 1. The van der Waals surface area contributed by atoms with Crippen LogP contribution in [0.3, 0.4) is 0 Å². The predicted octanol–water partition coefficient (Wildman–Crippen LogP) is 6.49. The molecule has 0 aromatic heterocycles. The Hall–Kier alpha value is -3.93. The first-order chi connectivity index (χ1) is 18.2. The molecule has 0 radical (unpaired) electrons. The van der Waals surface area contributed by atoms with Crippen LogP contribution in [0.15, 0.2) is 48.0 Å². The second-order valence-corrected chi connectivity index (χ2v) is 10.3. The number of carbonyl (C=O) groups excluding carboxylic acids is 1. The van der Waals surface area contributed by atoms with Crippen molar-refractivity contribution in [2.24, 2.45) is 11.8 Å². The van der Waals surface area contributed by atoms with Gasteiger partial charge in [0.25, 0.3) is 0 Å². The molecular formula is C32H31FO5. The van der Waals surface area contributed by atoms with Crippen LogP contribution in [0.5, 0.6) is 11.5 Å². The molecule has 38 heavy (non-hydrogen) atoms. The van der Waals surface area contributed by atoms with Gasteiger partial charge in [-0.1, -0.05) is 19.9 Å². The van der Waals surface area contributed by atoms with Crippen LogP contribution in [0.2, 0.25) is 0 Å². The maximum absolute atomic E-state index is 14.9. The van der Waals surface area contributed by atoms with Crippen molar-refractivity contribution in [3.8, 4) is 22.6 Å². The van der Waals surface area contributed by atoms with Crippen molar-refractivity contribution in [2.45, 2.75) is 47.1 Å². The van der Waals surface area contributed by atoms with Crippen molar-refractivity contribution in [3.05, 3.63) is 87.2 Å². The molecule has 5 rings (SSSR count). The Morgan fingerprint density at radius 3 is 2.50 bits per heavy atom. The van der Waals surface area contributed by atoms with Crippen molar-refractivity contribution < 1.29 is 28.6 Å². The summed E-state index contributed by atoms with van der Waals surface area (Å²) in [6.45, 7) is 8.23. The van der Waals surface area contributed by atoms with E-state index in [2.05, 4.69) is 0 Å². The van der Waals surface area contributed by atoms with Crippen molar-refractivity contribution in [3.63, 3.8) is 0 Å². The maximum Gasteiger partial charge on any atom is 0.332 e. The number of fused-ring (bicyclic) bond motifs is 3. The second-order valence-electron chi connectivity index (χ2n) is 10.3. The summed E-state index contributed by atoms with van der Waals surface area (Å²) >= 11 is 0. The van der Waals surface area contributed by atoms with E-state index in [1.54, 1.807) is 6.07 Å². The summed E-state index contributed by atoms with van der Waals surface area (Å²) in [6, 6.07) is 13.0. The first-order valence-electron chi connectivity index (χ1n) is 13.0. The summed E-state index contributed by atoms with van der Waals surface area (Å²) < 4.78 is 26.8. The Morgan fingerprint density at radius 1 is 1.11 bits per heavy atom. The number of carboxylic acid groups (broad SMARTS) is 1. The molecule has 0 spiro atoms. The molecule has 6 heteroatoms. The molecule has 0 amide bonds. The average Bonchev–Trinajstić information content (AvgIpc) is 3.49. The second kappa shape index (κ2) is 10.1. The van der Waals surface area contributed by atoms with E-state index in [-0.39, 0.29) is 24.3 Å². The van der Waals surface area contributed by atoms with Gasteiger partial charge >= 0.3 is 5.97 Å². The monoisotopic (exact) mass is 514 g/mol. The number of rotatable bonds is 10. The normalized spacial score (nSPS) is 16.1. The van der Waals surface area contributed by atoms with Crippen LogP contribution in [0, 0.1) is 31.5 Å². The zero-order chi connectivity index (χ0) is 27.1. The molecule has 0 saturated carbocycles. The number of carboxylic acids is 1. The molecule has 2 atom stereocenters. The van der Waals surface area contributed by atoms with Crippen LogP contribution >= 0.6 is 0 Å². The summed E-state index contributed by atoms with van der Waals surface area (Å²) in [5.41, 5.74) is 8.94. The van der Waals surface area contributed by atoms with Crippen molar-refractivity contribution in [2.75, 3.05) is 6.61 Å². The van der Waals surface area contributed by atoms with Crippen LogP contribution in [0.25, 0.3) is 16.7 Å². The number of allylic oxidation sites excluding steroid dienone is 1. The van der Waals surface area contributed by atoms with Crippen LogP contribution in [0.1, 0.15) is 47.2 Å². The summed E-state index contributed by atoms with van der Waals surface area (Å²) in [5, 5.41) is 9.37. The molecule has 0 heterocycles. The average molecular weight is 515 g/mol. The Morgan fingerprint density at radius 2 is 1.84 bits per heavy atom. The number of benzene rings is 3. The summed E-state index contributed by atoms with van der Waals surface area (Å²) in [4.78, 5) is 22.3. The number of ether oxygens (including phenoxy) is 2. The number of halogens is 1. The van der Waals surface area contributed by atoms with Gasteiger partial charge in [-0.2, -0.15) is 0 Å². The Labute approximate surface area is 221 Å². The van der Waals surface area contributed by atoms with E-state index in [1.807, 2.05) is 58.0 Å². The third kappa shape index (κ3) is 4.71. The number of hydrogen-bond acceptors (Lipinski definition) is 4. The van der Waals surface area contributed by atoms with Gasteiger partial charge in [-0.25, -0.2) is 9.18 Å². The Bertz CT molecular complexity index is 1460. The Balaban J connectivity index is 1.37. The highest BCUT2D eigenvalue weighted by atomic mass is 19.1. The quantitative estimate of drug-likeness (QED) is 0.313. The number of carbonyl (C=O) groups is 2. The number of aldehydes is 1. The summed E-state index contributed by atoms with van der Waals surface area (Å²) in [6.07, 6.45) is 2.28. The Kier molecular flexibility index (Phi) is 6.82. The lowest BCUT2D eigenvalue weighted by Crippen LogP contribution is -2.09. The van der Waals surface area contributed by atoms with Gasteiger partial charge in [-0.05, 0) is 108 Å². The minimum Gasteiger partial charge on any atom is -0.493 e. The van der Waals surface area contributed by atoms with E-state index in [0.717, 1.165) is 57.2 Å². The molecule has 2 unspecified atom stereocenters. The lowest BCUT2D eigenvalue weighted by molar-refractivity contribution is -0.132. The third-order valence-electron chi connectivity index (χ3n) is 7.48. The smallest absolute Gasteiger partial charge is 0.332 e. The van der Waals surface area contributed by atoms with Gasteiger partial charge in [0.1, 0.15) is 30.2 Å². The minimum absolute atomic E-state index is 0.0215. The highest BCUT2D eigenvalue weighted by Gasteiger charge is 2.47. The molecule has 3 aromatic carbocycles. The van der Waals surface area contributed by atoms with Gasteiger partial charge in [0.15, 0.2) is 0 Å². The minimum atomic E-state index is -0.829. The fourth-order valence-electron chi connectivity index (χ4n) is 5.51. The standard InChI is InChI=1S/C32H31FO5/c1-5-20-11-25-22(12-26-30(25)31(26)32(35)36)13-28(20)38-16-23-10-21(6-7-27(23)33)29-18(3)8-24(9-19(29)4)37-15-17(2)14-34/h6-11,13-14,17,26H,5,12,15-16H2,1-4H3,(H,35,36). The van der Waals surface area contributed by atoms with Crippen LogP contribution < -0.4 is 9.47 Å². The molecule has 5 nitrogen and oxygen atoms in total. The van der Waals surface area contributed by atoms with Crippen LogP contribution in [-0.4, -0.2) is 24.0 Å². The maximum atomic E-state index is 14.9. The molecule has 1 N–H and O–H groups in total. The van der Waals surface area contributed by atoms with E-state index in [9.17, 15) is 19.1 Å². The van der Waals surface area contributed by atoms with Crippen molar-refractivity contribution in [1.82, 2.24) is 0 Å². The number of hydrogen-bond donors (Lipinski definition) is 1. The van der Waals surface area contributed by atoms with Crippen LogP contribution in [0.4, 0.5) is 4.39 Å². The molecule has 0 aliphatic heterocycles. The highest BCUT2D eigenvalue weighted by Crippen LogP contribution is 2.56. The van der Waals surface area contributed by atoms with Gasteiger partial charge < -0.3 is 19.4 Å². The van der Waals surface area contributed by atoms with Gasteiger partial charge in [-0.3, -0.25) is 0 Å². The number of aryl methyl sites for hydroxylation is 3. The van der Waals surface area contributed by atoms with E-state index in [0.29, 0.717) is 35.7 Å². The third-order valence-corrected chi connectivity index (χ3v) is 7.48. The van der Waals surface area contributed by atoms with E-state index >= 15 is 0 Å². The van der Waals surface area contributed by atoms with Crippen molar-refractivity contribution >= 4 is 17.8 Å². The topological polar surface area (TPSA) is 72.8 Å². The molecule has 0 bridgehead atoms. The van der Waals surface area contributed by atoms with Gasteiger partial charge in [0, 0.05) is 23.0 Å². The molecule has 196 valence electrons. The van der Waals surface area contributed by atoms with Gasteiger partial charge in [-0.15, -0.1) is 0 Å². The highest BCUT2D eigenvalue weighted by molar-refractivity contribution is 6.11. The fourth-order valence-corrected chi connectivity index (χ4v) is 5.51. The SMILES string of the molecule is CCc1cc2c(cc1OCc1cc(-c3c(C)cc(OCC(C)C=O)cc3C)ccc1F)CC1C(C(=O)O)=C21. The van der Waals surface area contributed by atoms with Crippen molar-refractivity contribution in [1.29, 1.82) is 0 Å². The first-order valence-corrected chi connectivity index (χ1v) is 13.0. The lowest BCUT2D eigenvalue weighted by atomic mass is 9.94. The molecular weight excluding hydrogens is 483 g/mol. The molecule has 0 saturated heterocycles. The van der Waals surface area contributed by atoms with Crippen LogP contribution in [-0.2, 0) is 29.0 Å². The lowest BCUT2D eigenvalue weighted by Gasteiger charge is -2.17. The zero-order valence-corrected chi connectivity index (χ0v) is 22.1. The van der Waals surface area contributed by atoms with Gasteiger partial charge in [0.2, 0.25) is 0 Å².